The van der Waals surface area contributed by atoms with Crippen molar-refractivity contribution in [2.24, 2.45) is 5.92 Å². The van der Waals surface area contributed by atoms with Crippen molar-refractivity contribution >= 4 is 16.2 Å². The molecule has 0 bridgehead atoms. The van der Waals surface area contributed by atoms with E-state index in [-0.39, 0.29) is 18.9 Å². The van der Waals surface area contributed by atoms with Crippen LogP contribution in [0.15, 0.2) is 0 Å². The van der Waals surface area contributed by atoms with E-state index in [0.717, 1.165) is 23.9 Å². The molecule has 2 N–H and O–H groups in total. The van der Waals surface area contributed by atoms with E-state index in [1.165, 1.54) is 26.3 Å². The molecule has 1 unspecified atom stereocenters. The zero-order chi connectivity index (χ0) is 15.9. The van der Waals surface area contributed by atoms with Crippen molar-refractivity contribution in [1.29, 1.82) is 0 Å². The molecule has 1 rings (SSSR count). The standard InChI is InChI=1S/C13H27N3O4S/c1-12(11-16-7-4-3-5-8-16)10-14-21(19,20)15(2)9-6-13(17)18/h12,14H,3-11H2,1-2H3,(H,17,18). The van der Waals surface area contributed by atoms with Gasteiger partial charge in [-0.05, 0) is 31.8 Å². The molecule has 1 aliphatic heterocycles. The van der Waals surface area contributed by atoms with Crippen LogP contribution in [0.4, 0.5) is 0 Å². The molecule has 0 aromatic heterocycles. The van der Waals surface area contributed by atoms with Crippen LogP contribution in [0.25, 0.3) is 0 Å². The van der Waals surface area contributed by atoms with Crippen LogP contribution in [-0.2, 0) is 15.0 Å². The Bertz CT molecular complexity index is 421. The maximum atomic E-state index is 11.9. The molecule has 7 nitrogen and oxygen atoms in total. The van der Waals surface area contributed by atoms with E-state index in [9.17, 15) is 13.2 Å². The smallest absolute Gasteiger partial charge is 0.304 e. The highest BCUT2D eigenvalue weighted by Crippen LogP contribution is 2.10. The SMILES string of the molecule is CC(CNS(=O)(=O)N(C)CCC(=O)O)CN1CCCCC1. The molecule has 21 heavy (non-hydrogen) atoms. The summed E-state index contributed by atoms with van der Waals surface area (Å²) in [6, 6.07) is 0. The van der Waals surface area contributed by atoms with Gasteiger partial charge >= 0.3 is 5.97 Å². The Morgan fingerprint density at radius 3 is 2.52 bits per heavy atom. The Morgan fingerprint density at radius 2 is 1.95 bits per heavy atom. The second-order valence-corrected chi connectivity index (χ2v) is 7.65. The van der Waals surface area contributed by atoms with Crippen LogP contribution < -0.4 is 4.72 Å². The molecule has 0 radical (unpaired) electrons. The van der Waals surface area contributed by atoms with Gasteiger partial charge in [0.05, 0.1) is 6.42 Å². The topological polar surface area (TPSA) is 90.0 Å². The van der Waals surface area contributed by atoms with Crippen molar-refractivity contribution in [1.82, 2.24) is 13.9 Å². The van der Waals surface area contributed by atoms with Gasteiger partial charge in [-0.3, -0.25) is 4.79 Å². The summed E-state index contributed by atoms with van der Waals surface area (Å²) >= 11 is 0. The Balaban J connectivity index is 2.32. The number of hydrogen-bond donors (Lipinski definition) is 2. The highest BCUT2D eigenvalue weighted by atomic mass is 32.2. The summed E-state index contributed by atoms with van der Waals surface area (Å²) < 4.78 is 27.5. The minimum absolute atomic E-state index is 0.0226. The molecule has 1 aliphatic rings. The zero-order valence-electron chi connectivity index (χ0n) is 12.9. The van der Waals surface area contributed by atoms with Gasteiger partial charge in [-0.1, -0.05) is 13.3 Å². The van der Waals surface area contributed by atoms with E-state index in [4.69, 9.17) is 5.11 Å². The predicted octanol–water partition coefficient (Wildman–Crippen LogP) is 0.349. The van der Waals surface area contributed by atoms with Crippen LogP contribution in [0.5, 0.6) is 0 Å². The molecule has 1 saturated heterocycles. The minimum Gasteiger partial charge on any atom is -0.481 e. The first-order valence-corrected chi connectivity index (χ1v) is 8.90. The normalized spacial score (nSPS) is 18.8. The van der Waals surface area contributed by atoms with Gasteiger partial charge in [-0.25, -0.2) is 4.72 Å². The lowest BCUT2D eigenvalue weighted by Crippen LogP contribution is -2.43. The molecule has 124 valence electrons. The molecular formula is C13H27N3O4S. The van der Waals surface area contributed by atoms with E-state index < -0.39 is 16.2 Å². The van der Waals surface area contributed by atoms with Gasteiger partial charge in [-0.2, -0.15) is 12.7 Å². The first-order valence-electron chi connectivity index (χ1n) is 7.46. The van der Waals surface area contributed by atoms with E-state index in [1.54, 1.807) is 0 Å². The fourth-order valence-corrected chi connectivity index (χ4v) is 3.43. The van der Waals surface area contributed by atoms with Gasteiger partial charge in [0, 0.05) is 26.7 Å². The highest BCUT2D eigenvalue weighted by molar-refractivity contribution is 7.87. The van der Waals surface area contributed by atoms with Crippen molar-refractivity contribution in [2.75, 3.05) is 39.8 Å². The van der Waals surface area contributed by atoms with Crippen molar-refractivity contribution in [2.45, 2.75) is 32.6 Å². The van der Waals surface area contributed by atoms with Crippen molar-refractivity contribution in [3.8, 4) is 0 Å². The molecule has 0 aromatic carbocycles. The van der Waals surface area contributed by atoms with Gasteiger partial charge < -0.3 is 10.0 Å². The average Bonchev–Trinajstić information content (AvgIpc) is 2.43. The Morgan fingerprint density at radius 1 is 1.33 bits per heavy atom. The number of nitrogens with one attached hydrogen (secondary N) is 1. The molecule has 1 fully saturated rings. The number of aliphatic carboxylic acids is 1. The highest BCUT2D eigenvalue weighted by Gasteiger charge is 2.20. The van der Waals surface area contributed by atoms with Crippen molar-refractivity contribution in [3.63, 3.8) is 0 Å². The molecule has 8 heteroatoms. The van der Waals surface area contributed by atoms with E-state index in [0.29, 0.717) is 6.54 Å². The maximum absolute atomic E-state index is 11.9. The lowest BCUT2D eigenvalue weighted by molar-refractivity contribution is -0.137. The minimum atomic E-state index is -3.59. The van der Waals surface area contributed by atoms with E-state index in [2.05, 4.69) is 9.62 Å². The Kier molecular flexibility index (Phi) is 7.58. The first kappa shape index (κ1) is 18.3. The number of carbonyl (C=O) groups is 1. The van der Waals surface area contributed by atoms with E-state index in [1.807, 2.05) is 6.92 Å². The average molecular weight is 321 g/mol. The number of piperidine rings is 1. The maximum Gasteiger partial charge on any atom is 0.304 e. The van der Waals surface area contributed by atoms with Crippen LogP contribution in [0.3, 0.4) is 0 Å². The third-order valence-corrected chi connectivity index (χ3v) is 5.22. The molecule has 0 spiro atoms. The summed E-state index contributed by atoms with van der Waals surface area (Å²) in [5.41, 5.74) is 0. The van der Waals surface area contributed by atoms with Crippen LogP contribution in [0.2, 0.25) is 0 Å². The summed E-state index contributed by atoms with van der Waals surface area (Å²) in [6.45, 7) is 5.45. The van der Waals surface area contributed by atoms with Crippen LogP contribution in [0, 0.1) is 5.92 Å². The number of rotatable bonds is 9. The summed E-state index contributed by atoms with van der Waals surface area (Å²) in [6.07, 6.45) is 3.53. The van der Waals surface area contributed by atoms with Gasteiger partial charge in [0.25, 0.3) is 10.2 Å². The quantitative estimate of drug-likeness (QED) is 0.639. The van der Waals surface area contributed by atoms with Gasteiger partial charge in [0.1, 0.15) is 0 Å². The van der Waals surface area contributed by atoms with Gasteiger partial charge in [0.2, 0.25) is 0 Å². The number of carboxylic acids is 1. The lowest BCUT2D eigenvalue weighted by atomic mass is 10.1. The first-order chi connectivity index (χ1) is 9.81. The second kappa shape index (κ2) is 8.67. The lowest BCUT2D eigenvalue weighted by Gasteiger charge is -2.29. The third-order valence-electron chi connectivity index (χ3n) is 3.68. The number of carboxylic acid groups (broad SMARTS) is 1. The van der Waals surface area contributed by atoms with E-state index >= 15 is 0 Å². The van der Waals surface area contributed by atoms with Crippen LogP contribution in [0.1, 0.15) is 32.6 Å². The number of hydrogen-bond acceptors (Lipinski definition) is 4. The van der Waals surface area contributed by atoms with Gasteiger partial charge in [0.15, 0.2) is 0 Å². The molecule has 0 aliphatic carbocycles. The summed E-state index contributed by atoms with van der Waals surface area (Å²) in [4.78, 5) is 12.8. The summed E-state index contributed by atoms with van der Waals surface area (Å²) in [5.74, 6) is -0.777. The molecule has 1 atom stereocenters. The molecule has 0 amide bonds. The summed E-state index contributed by atoms with van der Waals surface area (Å²) in [5, 5.41) is 8.58. The van der Waals surface area contributed by atoms with Crippen molar-refractivity contribution < 1.29 is 18.3 Å². The predicted molar refractivity (Wildman–Crippen MR) is 81.3 cm³/mol. The second-order valence-electron chi connectivity index (χ2n) is 5.79. The van der Waals surface area contributed by atoms with Crippen LogP contribution >= 0.6 is 0 Å². The van der Waals surface area contributed by atoms with Crippen molar-refractivity contribution in [3.05, 3.63) is 0 Å². The number of likely N-dealkylation sites (tertiary alicyclic amines) is 1. The fourth-order valence-electron chi connectivity index (χ4n) is 2.38. The molecule has 1 heterocycles. The van der Waals surface area contributed by atoms with Crippen LogP contribution in [-0.4, -0.2) is 68.5 Å². The molecular weight excluding hydrogens is 294 g/mol. The third kappa shape index (κ3) is 7.21. The fraction of sp³-hybridized carbons (Fsp3) is 0.923. The zero-order valence-corrected chi connectivity index (χ0v) is 13.7. The monoisotopic (exact) mass is 321 g/mol. The Labute approximate surface area is 127 Å². The number of nitrogens with zero attached hydrogens (tertiary/aromatic N) is 2. The largest absolute Gasteiger partial charge is 0.481 e. The Hall–Kier alpha value is -0.700. The van der Waals surface area contributed by atoms with Gasteiger partial charge in [-0.15, -0.1) is 0 Å². The molecule has 0 saturated carbocycles. The molecule has 0 aromatic rings. The summed E-state index contributed by atoms with van der Waals surface area (Å²) in [7, 11) is -2.20.